The minimum absolute atomic E-state index is 0.356. The number of fused-ring (bicyclic) bond motifs is 6. The molecule has 1 aliphatic carbocycles. The molecule has 5 rings (SSSR count). The highest BCUT2D eigenvalue weighted by atomic mass is 15.1. The van der Waals surface area contributed by atoms with Crippen molar-refractivity contribution in [3.63, 3.8) is 0 Å². The van der Waals surface area contributed by atoms with Crippen LogP contribution in [0.2, 0.25) is 0 Å². The van der Waals surface area contributed by atoms with E-state index in [2.05, 4.69) is 100 Å². The van der Waals surface area contributed by atoms with E-state index >= 15 is 0 Å². The standard InChI is InChI=1S/C27H30N2/c1-27(2)15-17-11-21-23-14-25(28(3)4)20-10-8-7-9-19(20)22(23)13-26(29(5)6)24(21)12-18(17)16-27/h7-14H,15-16H2,1-6H3. The summed E-state index contributed by atoms with van der Waals surface area (Å²) in [5, 5.41) is 8.12. The molecule has 0 saturated carbocycles. The Labute approximate surface area is 173 Å². The first-order valence-corrected chi connectivity index (χ1v) is 10.5. The van der Waals surface area contributed by atoms with E-state index in [1.165, 1.54) is 67.7 Å². The van der Waals surface area contributed by atoms with Crippen molar-refractivity contribution >= 4 is 43.7 Å². The molecule has 2 nitrogen and oxygen atoms in total. The summed E-state index contributed by atoms with van der Waals surface area (Å²) < 4.78 is 0. The molecule has 148 valence electrons. The topological polar surface area (TPSA) is 6.48 Å². The lowest BCUT2D eigenvalue weighted by Crippen LogP contribution is -2.11. The Morgan fingerprint density at radius 1 is 0.586 bits per heavy atom. The minimum Gasteiger partial charge on any atom is -0.377 e. The van der Waals surface area contributed by atoms with Gasteiger partial charge in [0.25, 0.3) is 0 Å². The molecule has 0 N–H and O–H groups in total. The van der Waals surface area contributed by atoms with Crippen LogP contribution in [0.4, 0.5) is 11.4 Å². The second-order valence-electron chi connectivity index (χ2n) is 9.91. The van der Waals surface area contributed by atoms with Crippen LogP contribution in [0.15, 0.2) is 48.5 Å². The first-order chi connectivity index (χ1) is 13.7. The molecule has 4 aromatic carbocycles. The van der Waals surface area contributed by atoms with Crippen LogP contribution in [0.3, 0.4) is 0 Å². The molecule has 0 aromatic heterocycles. The Bertz CT molecular complexity index is 1280. The van der Waals surface area contributed by atoms with E-state index < -0.39 is 0 Å². The lowest BCUT2D eigenvalue weighted by molar-refractivity contribution is 0.392. The van der Waals surface area contributed by atoms with Crippen LogP contribution in [0.25, 0.3) is 32.3 Å². The third kappa shape index (κ3) is 2.77. The molecule has 0 unspecified atom stereocenters. The van der Waals surface area contributed by atoms with Gasteiger partial charge in [0.05, 0.1) is 0 Å². The summed E-state index contributed by atoms with van der Waals surface area (Å²) in [6.07, 6.45) is 2.34. The average molecular weight is 383 g/mol. The maximum atomic E-state index is 2.49. The van der Waals surface area contributed by atoms with Gasteiger partial charge in [0, 0.05) is 50.3 Å². The van der Waals surface area contributed by atoms with Gasteiger partial charge in [0.2, 0.25) is 0 Å². The molecule has 0 amide bonds. The summed E-state index contributed by atoms with van der Waals surface area (Å²) in [4.78, 5) is 4.51. The van der Waals surface area contributed by atoms with E-state index in [0.29, 0.717) is 5.41 Å². The van der Waals surface area contributed by atoms with Crippen LogP contribution in [0.1, 0.15) is 25.0 Å². The highest BCUT2D eigenvalue weighted by Crippen LogP contribution is 2.44. The van der Waals surface area contributed by atoms with Gasteiger partial charge in [0.1, 0.15) is 0 Å². The van der Waals surface area contributed by atoms with Crippen molar-refractivity contribution in [3.05, 3.63) is 59.7 Å². The van der Waals surface area contributed by atoms with Crippen LogP contribution in [-0.4, -0.2) is 28.2 Å². The second-order valence-corrected chi connectivity index (χ2v) is 9.91. The predicted molar refractivity (Wildman–Crippen MR) is 129 cm³/mol. The first kappa shape index (κ1) is 18.3. The Kier molecular flexibility index (Phi) is 3.87. The molecule has 0 radical (unpaired) electrons. The molecular formula is C27H30N2. The minimum atomic E-state index is 0.356. The molecule has 0 aliphatic heterocycles. The lowest BCUT2D eigenvalue weighted by atomic mass is 9.90. The van der Waals surface area contributed by atoms with Gasteiger partial charge in [0.15, 0.2) is 0 Å². The van der Waals surface area contributed by atoms with Gasteiger partial charge in [-0.3, -0.25) is 0 Å². The van der Waals surface area contributed by atoms with E-state index in [1.54, 1.807) is 0 Å². The fourth-order valence-corrected chi connectivity index (χ4v) is 5.26. The fourth-order valence-electron chi connectivity index (χ4n) is 5.26. The maximum absolute atomic E-state index is 2.49. The Morgan fingerprint density at radius 2 is 1.03 bits per heavy atom. The number of hydrogen-bond acceptors (Lipinski definition) is 2. The van der Waals surface area contributed by atoms with Gasteiger partial charge >= 0.3 is 0 Å². The van der Waals surface area contributed by atoms with E-state index in [9.17, 15) is 0 Å². The van der Waals surface area contributed by atoms with Crippen LogP contribution in [0.5, 0.6) is 0 Å². The Hall–Kier alpha value is -2.74. The Morgan fingerprint density at radius 3 is 1.62 bits per heavy atom. The molecule has 2 heteroatoms. The number of benzene rings is 4. The fraction of sp³-hybridized carbons (Fsp3) is 0.333. The summed E-state index contributed by atoms with van der Waals surface area (Å²) in [6, 6.07) is 18.6. The largest absolute Gasteiger partial charge is 0.377 e. The molecular weight excluding hydrogens is 352 g/mol. The zero-order chi connectivity index (χ0) is 20.5. The van der Waals surface area contributed by atoms with Crippen molar-refractivity contribution < 1.29 is 0 Å². The second kappa shape index (κ2) is 6.13. The van der Waals surface area contributed by atoms with Crippen molar-refractivity contribution in [3.8, 4) is 0 Å². The zero-order valence-electron chi connectivity index (χ0n) is 18.4. The van der Waals surface area contributed by atoms with Gasteiger partial charge in [-0.25, -0.2) is 0 Å². The molecule has 0 saturated heterocycles. The normalized spacial score (nSPS) is 15.2. The monoisotopic (exact) mass is 382 g/mol. The maximum Gasteiger partial charge on any atom is 0.0447 e. The van der Waals surface area contributed by atoms with Crippen LogP contribution >= 0.6 is 0 Å². The van der Waals surface area contributed by atoms with Gasteiger partial charge < -0.3 is 9.80 Å². The average Bonchev–Trinajstić information content (AvgIpc) is 2.97. The van der Waals surface area contributed by atoms with Crippen molar-refractivity contribution in [2.45, 2.75) is 26.7 Å². The molecule has 0 spiro atoms. The Balaban J connectivity index is 1.98. The van der Waals surface area contributed by atoms with E-state index in [0.717, 1.165) is 0 Å². The number of hydrogen-bond donors (Lipinski definition) is 0. The molecule has 29 heavy (non-hydrogen) atoms. The summed E-state index contributed by atoms with van der Waals surface area (Å²) in [7, 11) is 8.61. The van der Waals surface area contributed by atoms with Crippen LogP contribution < -0.4 is 9.80 Å². The smallest absolute Gasteiger partial charge is 0.0447 e. The SMILES string of the molecule is CN(C)c1cc2c3cc4c(cc3c(N(C)C)cc2c2ccccc12)CC(C)(C)C4. The summed E-state index contributed by atoms with van der Waals surface area (Å²) in [5.41, 5.74) is 6.00. The molecule has 0 bridgehead atoms. The molecule has 1 aliphatic rings. The lowest BCUT2D eigenvalue weighted by Gasteiger charge is -2.22. The third-order valence-electron chi connectivity index (χ3n) is 6.55. The van der Waals surface area contributed by atoms with Gasteiger partial charge in [-0.2, -0.15) is 0 Å². The third-order valence-corrected chi connectivity index (χ3v) is 6.55. The molecule has 4 aromatic rings. The van der Waals surface area contributed by atoms with Crippen LogP contribution in [0, 0.1) is 5.41 Å². The van der Waals surface area contributed by atoms with Crippen molar-refractivity contribution in [2.24, 2.45) is 5.41 Å². The number of nitrogens with zero attached hydrogens (tertiary/aromatic N) is 2. The summed E-state index contributed by atoms with van der Waals surface area (Å²) >= 11 is 0. The van der Waals surface area contributed by atoms with Crippen molar-refractivity contribution in [2.75, 3.05) is 38.0 Å². The van der Waals surface area contributed by atoms with E-state index in [4.69, 9.17) is 0 Å². The summed E-state index contributed by atoms with van der Waals surface area (Å²) in [5.74, 6) is 0. The quantitative estimate of drug-likeness (QED) is 0.370. The summed E-state index contributed by atoms with van der Waals surface area (Å²) in [6.45, 7) is 4.78. The highest BCUT2D eigenvalue weighted by Gasteiger charge is 2.29. The zero-order valence-corrected chi connectivity index (χ0v) is 18.4. The van der Waals surface area contributed by atoms with Gasteiger partial charge in [-0.15, -0.1) is 0 Å². The highest BCUT2D eigenvalue weighted by molar-refractivity contribution is 6.23. The predicted octanol–water partition coefficient (Wildman–Crippen LogP) is 6.40. The number of rotatable bonds is 2. The van der Waals surface area contributed by atoms with E-state index in [-0.39, 0.29) is 0 Å². The molecule has 0 fully saturated rings. The van der Waals surface area contributed by atoms with Gasteiger partial charge in [-0.1, -0.05) is 44.2 Å². The van der Waals surface area contributed by atoms with Crippen LogP contribution in [-0.2, 0) is 12.8 Å². The molecule has 0 atom stereocenters. The van der Waals surface area contributed by atoms with E-state index in [1.807, 2.05) is 0 Å². The molecule has 0 heterocycles. The van der Waals surface area contributed by atoms with Crippen molar-refractivity contribution in [1.29, 1.82) is 0 Å². The number of anilines is 2. The van der Waals surface area contributed by atoms with Crippen molar-refractivity contribution in [1.82, 2.24) is 0 Å². The van der Waals surface area contributed by atoms with Gasteiger partial charge in [-0.05, 0) is 69.1 Å². The first-order valence-electron chi connectivity index (χ1n) is 10.5.